The van der Waals surface area contributed by atoms with Crippen LogP contribution in [0.3, 0.4) is 0 Å². The zero-order valence-corrected chi connectivity index (χ0v) is 26.1. The van der Waals surface area contributed by atoms with Crippen molar-refractivity contribution in [1.82, 2.24) is 38.8 Å². The highest BCUT2D eigenvalue weighted by Crippen LogP contribution is 2.28. The van der Waals surface area contributed by atoms with Gasteiger partial charge in [0, 0.05) is 52.4 Å². The van der Waals surface area contributed by atoms with Crippen LogP contribution >= 0.6 is 15.9 Å². The summed E-state index contributed by atoms with van der Waals surface area (Å²) in [4.78, 5) is 34.7. The topological polar surface area (TPSA) is 103 Å². The molecule has 1 aliphatic heterocycles. The molecule has 0 fully saturated rings. The molecule has 0 radical (unpaired) electrons. The maximum atomic E-state index is 14.4. The van der Waals surface area contributed by atoms with Gasteiger partial charge in [-0.25, -0.2) is 14.1 Å². The average molecular weight is 650 g/mol. The molecular formula is C33H29BrN8O2. The highest BCUT2D eigenvalue weighted by molar-refractivity contribution is 9.10. The molecule has 220 valence electrons. The van der Waals surface area contributed by atoms with Gasteiger partial charge in [0.2, 0.25) is 0 Å². The molecule has 1 aliphatic rings. The third-order valence-corrected chi connectivity index (χ3v) is 9.19. The van der Waals surface area contributed by atoms with Crippen molar-refractivity contribution < 1.29 is 4.79 Å². The number of hydrogen-bond donors (Lipinski definition) is 0. The van der Waals surface area contributed by atoms with E-state index in [-0.39, 0.29) is 24.1 Å². The fourth-order valence-corrected chi connectivity index (χ4v) is 6.19. The van der Waals surface area contributed by atoms with Gasteiger partial charge in [0.05, 0.1) is 18.4 Å². The van der Waals surface area contributed by atoms with Crippen LogP contribution in [0.4, 0.5) is 0 Å². The van der Waals surface area contributed by atoms with Crippen LogP contribution in [0, 0.1) is 6.92 Å². The number of fused-ring (bicyclic) bond motifs is 3. The van der Waals surface area contributed by atoms with Crippen molar-refractivity contribution >= 4 is 27.5 Å². The van der Waals surface area contributed by atoms with Crippen LogP contribution in [0.15, 0.2) is 88.7 Å². The van der Waals surface area contributed by atoms with Crippen molar-refractivity contribution in [3.63, 3.8) is 0 Å². The van der Waals surface area contributed by atoms with Crippen molar-refractivity contribution in [2.24, 2.45) is 7.05 Å². The Labute approximate surface area is 261 Å². The summed E-state index contributed by atoms with van der Waals surface area (Å²) in [5, 5.41) is 13.0. The minimum Gasteiger partial charge on any atom is -0.330 e. The van der Waals surface area contributed by atoms with E-state index in [9.17, 15) is 9.59 Å². The summed E-state index contributed by atoms with van der Waals surface area (Å²) in [7, 11) is 1.87. The Bertz CT molecular complexity index is 2100. The van der Waals surface area contributed by atoms with E-state index in [1.54, 1.807) is 17.1 Å². The van der Waals surface area contributed by atoms with Gasteiger partial charge in [-0.2, -0.15) is 5.10 Å². The number of hydrogen-bond acceptors (Lipinski definition) is 6. The van der Waals surface area contributed by atoms with Gasteiger partial charge in [0.25, 0.3) is 11.5 Å². The van der Waals surface area contributed by atoms with Crippen molar-refractivity contribution in [2.45, 2.75) is 39.3 Å². The second kappa shape index (κ2) is 11.0. The number of pyridine rings is 1. The fraction of sp³-hybridized carbons (Fsp3) is 0.212. The molecule has 5 heterocycles. The van der Waals surface area contributed by atoms with Crippen LogP contribution in [-0.4, -0.2) is 50.8 Å². The molecule has 10 nitrogen and oxygen atoms in total. The SMILES string of the molecule is Cc1cc(C(=O)N2Cc3c(c(=O)n(-c4ccc(-c5nncn5C)cn4)c4c(Cc5ccccc5)cnn34)C[C@H]2C)ccc1Br. The van der Waals surface area contributed by atoms with Gasteiger partial charge in [-0.15, -0.1) is 10.2 Å². The number of nitrogens with zero attached hydrogens (tertiary/aromatic N) is 8. The molecular weight excluding hydrogens is 620 g/mol. The Morgan fingerprint density at radius 1 is 1.07 bits per heavy atom. The van der Waals surface area contributed by atoms with Gasteiger partial charge in [-0.1, -0.05) is 46.3 Å². The molecule has 44 heavy (non-hydrogen) atoms. The summed E-state index contributed by atoms with van der Waals surface area (Å²) in [5.74, 6) is 1.09. The zero-order valence-electron chi connectivity index (χ0n) is 24.5. The summed E-state index contributed by atoms with van der Waals surface area (Å²) < 4.78 is 6.26. The molecule has 11 heteroatoms. The maximum Gasteiger partial charge on any atom is 0.263 e. The summed E-state index contributed by atoms with van der Waals surface area (Å²) in [5.41, 5.74) is 6.21. The monoisotopic (exact) mass is 648 g/mol. The van der Waals surface area contributed by atoms with Gasteiger partial charge in [-0.05, 0) is 61.7 Å². The summed E-state index contributed by atoms with van der Waals surface area (Å²) in [6.07, 6.45) is 6.13. The lowest BCUT2D eigenvalue weighted by Crippen LogP contribution is -2.46. The summed E-state index contributed by atoms with van der Waals surface area (Å²) in [6, 6.07) is 19.2. The summed E-state index contributed by atoms with van der Waals surface area (Å²) in [6.45, 7) is 4.22. The Morgan fingerprint density at radius 3 is 2.59 bits per heavy atom. The van der Waals surface area contributed by atoms with Gasteiger partial charge in [-0.3, -0.25) is 9.59 Å². The molecule has 1 amide bonds. The minimum absolute atomic E-state index is 0.0752. The Balaban J connectivity index is 1.37. The first-order valence-corrected chi connectivity index (χ1v) is 15.1. The van der Waals surface area contributed by atoms with Crippen LogP contribution in [0.1, 0.15) is 45.2 Å². The van der Waals surface area contributed by atoms with E-state index in [4.69, 9.17) is 10.1 Å². The van der Waals surface area contributed by atoms with E-state index in [0.717, 1.165) is 32.4 Å². The number of carbonyl (C=O) groups is 1. The van der Waals surface area contributed by atoms with Crippen LogP contribution < -0.4 is 5.56 Å². The van der Waals surface area contributed by atoms with E-state index in [2.05, 4.69) is 38.3 Å². The first-order chi connectivity index (χ1) is 21.3. The van der Waals surface area contributed by atoms with Crippen molar-refractivity contribution in [2.75, 3.05) is 0 Å². The maximum absolute atomic E-state index is 14.4. The molecule has 2 aromatic carbocycles. The Kier molecular flexibility index (Phi) is 6.97. The van der Waals surface area contributed by atoms with Crippen LogP contribution in [0.5, 0.6) is 0 Å². The van der Waals surface area contributed by atoms with Gasteiger partial charge >= 0.3 is 0 Å². The molecule has 0 aliphatic carbocycles. The minimum atomic E-state index is -0.192. The van der Waals surface area contributed by atoms with E-state index in [1.807, 2.05) is 89.6 Å². The molecule has 1 atom stereocenters. The number of aryl methyl sites for hydroxylation is 2. The predicted molar refractivity (Wildman–Crippen MR) is 170 cm³/mol. The zero-order chi connectivity index (χ0) is 30.5. The standard InChI is InChI=1S/C33H29BrN8O2/c1-20-13-23(9-11-27(20)34)32(43)40-18-28-26(14-21(40)2)33(44)41(29-12-10-24(16-35-29)30-38-36-19-39(30)3)31-25(17-37-42(28)31)15-22-7-5-4-6-8-22/h4-13,16-17,19,21H,14-15,18H2,1-3H3/t21-/m1/s1. The lowest BCUT2D eigenvalue weighted by atomic mass is 9.98. The fourth-order valence-electron chi connectivity index (χ4n) is 5.95. The normalized spacial score (nSPS) is 14.6. The first-order valence-electron chi connectivity index (χ1n) is 14.4. The molecule has 0 spiro atoms. The summed E-state index contributed by atoms with van der Waals surface area (Å²) >= 11 is 3.53. The average Bonchev–Trinajstić information content (AvgIpc) is 3.65. The van der Waals surface area contributed by atoms with E-state index >= 15 is 0 Å². The van der Waals surface area contributed by atoms with Gasteiger partial charge in [0.15, 0.2) is 5.82 Å². The van der Waals surface area contributed by atoms with Crippen LogP contribution in [0.25, 0.3) is 22.9 Å². The quantitative estimate of drug-likeness (QED) is 0.263. The number of amides is 1. The van der Waals surface area contributed by atoms with Crippen molar-refractivity contribution in [1.29, 1.82) is 0 Å². The van der Waals surface area contributed by atoms with Crippen molar-refractivity contribution in [3.8, 4) is 17.2 Å². The van der Waals surface area contributed by atoms with Gasteiger partial charge < -0.3 is 9.47 Å². The van der Waals surface area contributed by atoms with Gasteiger partial charge in [0.1, 0.15) is 17.8 Å². The van der Waals surface area contributed by atoms with E-state index in [0.29, 0.717) is 41.3 Å². The molecule has 0 unspecified atom stereocenters. The molecule has 6 aromatic rings. The third kappa shape index (κ3) is 4.73. The lowest BCUT2D eigenvalue weighted by Gasteiger charge is -2.35. The van der Waals surface area contributed by atoms with Crippen LogP contribution in [0.2, 0.25) is 0 Å². The molecule has 0 bridgehead atoms. The second-order valence-electron chi connectivity index (χ2n) is 11.3. The molecule has 4 aromatic heterocycles. The molecule has 0 saturated heterocycles. The van der Waals surface area contributed by atoms with Crippen LogP contribution in [-0.2, 0) is 26.4 Å². The molecule has 0 N–H and O–H groups in total. The Hall–Kier alpha value is -4.90. The highest BCUT2D eigenvalue weighted by atomic mass is 79.9. The van der Waals surface area contributed by atoms with E-state index < -0.39 is 0 Å². The smallest absolute Gasteiger partial charge is 0.263 e. The predicted octanol–water partition coefficient (Wildman–Crippen LogP) is 4.92. The third-order valence-electron chi connectivity index (χ3n) is 8.30. The number of carbonyl (C=O) groups excluding carboxylic acids is 1. The number of benzene rings is 2. The Morgan fingerprint density at radius 2 is 1.89 bits per heavy atom. The first kappa shape index (κ1) is 27.9. The van der Waals surface area contributed by atoms with Crippen molar-refractivity contribution in [3.05, 3.63) is 128 Å². The number of rotatable bonds is 5. The highest BCUT2D eigenvalue weighted by Gasteiger charge is 2.33. The number of halogens is 1. The number of aromatic nitrogens is 7. The molecule has 7 rings (SSSR count). The molecule has 0 saturated carbocycles. The van der Waals surface area contributed by atoms with E-state index in [1.165, 1.54) is 0 Å². The second-order valence-corrected chi connectivity index (χ2v) is 12.1. The lowest BCUT2D eigenvalue weighted by molar-refractivity contribution is 0.0651. The largest absolute Gasteiger partial charge is 0.330 e.